The van der Waals surface area contributed by atoms with Gasteiger partial charge in [-0.15, -0.1) is 0 Å². The molecule has 7 heteroatoms. The average Bonchev–Trinajstić information content (AvgIpc) is 2.60. The molecule has 25 heavy (non-hydrogen) atoms. The van der Waals surface area contributed by atoms with Gasteiger partial charge in [-0.2, -0.15) is 0 Å². The molecule has 1 aliphatic heterocycles. The zero-order valence-electron chi connectivity index (χ0n) is 13.6. The van der Waals surface area contributed by atoms with Gasteiger partial charge in [-0.25, -0.2) is 18.6 Å². The van der Waals surface area contributed by atoms with Gasteiger partial charge in [0.25, 0.3) is 0 Å². The van der Waals surface area contributed by atoms with Crippen molar-refractivity contribution in [2.24, 2.45) is 0 Å². The van der Waals surface area contributed by atoms with Crippen LogP contribution in [0.3, 0.4) is 0 Å². The third kappa shape index (κ3) is 3.46. The summed E-state index contributed by atoms with van der Waals surface area (Å²) in [5, 5.41) is 9.29. The number of aromatic nitrogens is 1. The molecule has 5 nitrogen and oxygen atoms in total. The Balaban J connectivity index is 2.15. The first-order valence-electron chi connectivity index (χ1n) is 7.97. The predicted octanol–water partition coefficient (Wildman–Crippen LogP) is 2.89. The molecular weight excluding hydrogens is 332 g/mol. The van der Waals surface area contributed by atoms with E-state index >= 15 is 0 Å². The van der Waals surface area contributed by atoms with Crippen molar-refractivity contribution in [2.75, 3.05) is 13.2 Å². The fourth-order valence-electron chi connectivity index (χ4n) is 2.80. The van der Waals surface area contributed by atoms with Crippen LogP contribution in [0.5, 0.6) is 5.88 Å². The predicted molar refractivity (Wildman–Crippen MR) is 85.4 cm³/mol. The van der Waals surface area contributed by atoms with Crippen LogP contribution in [-0.4, -0.2) is 35.4 Å². The molecule has 1 aromatic carbocycles. The molecule has 2 aromatic rings. The molecule has 0 aliphatic carbocycles. The second kappa shape index (κ2) is 7.14. The zero-order valence-corrected chi connectivity index (χ0v) is 13.6. The van der Waals surface area contributed by atoms with E-state index in [0.29, 0.717) is 24.0 Å². The second-order valence-electron chi connectivity index (χ2n) is 5.64. The number of carbonyl (C=O) groups excluding carboxylic acids is 1. The van der Waals surface area contributed by atoms with Gasteiger partial charge in [-0.05, 0) is 43.5 Å². The molecule has 0 saturated heterocycles. The largest absolute Gasteiger partial charge is 0.472 e. The number of carbonyl (C=O) groups is 1. The molecule has 3 rings (SSSR count). The van der Waals surface area contributed by atoms with E-state index in [4.69, 9.17) is 9.47 Å². The molecule has 0 bridgehead atoms. The number of pyridine rings is 1. The lowest BCUT2D eigenvalue weighted by atomic mass is 9.94. The van der Waals surface area contributed by atoms with Gasteiger partial charge in [0.1, 0.15) is 17.7 Å². The molecule has 1 atom stereocenters. The highest BCUT2D eigenvalue weighted by molar-refractivity contribution is 5.90. The number of fused-ring (bicyclic) bond motifs is 1. The zero-order chi connectivity index (χ0) is 18.0. The first kappa shape index (κ1) is 17.3. The molecule has 1 N–H and O–H groups in total. The van der Waals surface area contributed by atoms with E-state index in [1.807, 2.05) is 0 Å². The number of aliphatic hydroxyl groups is 1. The Morgan fingerprint density at radius 1 is 1.36 bits per heavy atom. The maximum Gasteiger partial charge on any atom is 0.357 e. The van der Waals surface area contributed by atoms with Gasteiger partial charge in [-0.1, -0.05) is 0 Å². The number of benzene rings is 1. The third-order valence-corrected chi connectivity index (χ3v) is 3.99. The van der Waals surface area contributed by atoms with Crippen molar-refractivity contribution < 1.29 is 28.2 Å². The second-order valence-corrected chi connectivity index (χ2v) is 5.64. The molecule has 132 valence electrons. The summed E-state index contributed by atoms with van der Waals surface area (Å²) < 4.78 is 38.1. The Bertz CT molecular complexity index is 810. The lowest BCUT2D eigenvalue weighted by molar-refractivity contribution is 0.0514. The summed E-state index contributed by atoms with van der Waals surface area (Å²) >= 11 is 0. The SMILES string of the molecule is CCOC(=O)c1cc(-c2ccc(F)cc2F)c2c(n1)O[C@H](CO)CC2. The minimum Gasteiger partial charge on any atom is -0.472 e. The molecule has 0 radical (unpaired) electrons. The highest BCUT2D eigenvalue weighted by atomic mass is 19.1. The first-order valence-corrected chi connectivity index (χ1v) is 7.97. The van der Waals surface area contributed by atoms with Crippen LogP contribution < -0.4 is 4.74 Å². The Hall–Kier alpha value is -2.54. The van der Waals surface area contributed by atoms with E-state index in [-0.39, 0.29) is 30.4 Å². The van der Waals surface area contributed by atoms with Crippen LogP contribution in [-0.2, 0) is 11.2 Å². The Kier molecular flexibility index (Phi) is 4.94. The van der Waals surface area contributed by atoms with Crippen molar-refractivity contribution in [3.8, 4) is 17.0 Å². The molecular formula is C18H17F2NO4. The Morgan fingerprint density at radius 2 is 2.16 bits per heavy atom. The van der Waals surface area contributed by atoms with Crippen LogP contribution in [0.4, 0.5) is 8.78 Å². The smallest absolute Gasteiger partial charge is 0.357 e. The average molecular weight is 349 g/mol. The van der Waals surface area contributed by atoms with Crippen LogP contribution in [0.1, 0.15) is 29.4 Å². The summed E-state index contributed by atoms with van der Waals surface area (Å²) in [6.45, 7) is 1.64. The fourth-order valence-corrected chi connectivity index (χ4v) is 2.80. The number of rotatable bonds is 4. The van der Waals surface area contributed by atoms with Gasteiger partial charge >= 0.3 is 5.97 Å². The molecule has 0 fully saturated rings. The normalized spacial score (nSPS) is 16.1. The third-order valence-electron chi connectivity index (χ3n) is 3.99. The molecule has 0 saturated carbocycles. The number of nitrogens with zero attached hydrogens (tertiary/aromatic N) is 1. The van der Waals surface area contributed by atoms with Crippen LogP contribution in [0.15, 0.2) is 24.3 Å². The van der Waals surface area contributed by atoms with E-state index in [2.05, 4.69) is 4.98 Å². The Morgan fingerprint density at radius 3 is 2.84 bits per heavy atom. The van der Waals surface area contributed by atoms with E-state index < -0.39 is 23.7 Å². The van der Waals surface area contributed by atoms with Crippen molar-refractivity contribution in [2.45, 2.75) is 25.9 Å². The summed E-state index contributed by atoms with van der Waals surface area (Å²) in [5.41, 5.74) is 1.14. The summed E-state index contributed by atoms with van der Waals surface area (Å²) in [4.78, 5) is 16.2. The Labute approximate surface area is 143 Å². The van der Waals surface area contributed by atoms with Crippen molar-refractivity contribution in [1.29, 1.82) is 0 Å². The number of halogens is 2. The highest BCUT2D eigenvalue weighted by Crippen LogP contribution is 2.36. The first-order chi connectivity index (χ1) is 12.0. The monoisotopic (exact) mass is 349 g/mol. The topological polar surface area (TPSA) is 68.7 Å². The number of ether oxygens (including phenoxy) is 2. The maximum atomic E-state index is 14.3. The highest BCUT2D eigenvalue weighted by Gasteiger charge is 2.27. The van der Waals surface area contributed by atoms with Crippen molar-refractivity contribution >= 4 is 5.97 Å². The number of hydrogen-bond donors (Lipinski definition) is 1. The van der Waals surface area contributed by atoms with E-state index in [0.717, 1.165) is 12.1 Å². The quantitative estimate of drug-likeness (QED) is 0.860. The molecule has 0 spiro atoms. The summed E-state index contributed by atoms with van der Waals surface area (Å²) in [6.07, 6.45) is 0.575. The summed E-state index contributed by atoms with van der Waals surface area (Å²) in [5.74, 6) is -1.93. The van der Waals surface area contributed by atoms with Crippen molar-refractivity contribution in [3.05, 3.63) is 47.2 Å². The van der Waals surface area contributed by atoms with Crippen LogP contribution in [0, 0.1) is 11.6 Å². The number of esters is 1. The lowest BCUT2D eigenvalue weighted by Gasteiger charge is -2.26. The number of hydrogen-bond acceptors (Lipinski definition) is 5. The van der Waals surface area contributed by atoms with Gasteiger partial charge in [0.05, 0.1) is 13.2 Å². The molecule has 0 amide bonds. The minimum absolute atomic E-state index is 0.0297. The molecule has 1 aromatic heterocycles. The summed E-state index contributed by atoms with van der Waals surface area (Å²) in [6, 6.07) is 4.67. The van der Waals surface area contributed by atoms with Crippen LogP contribution >= 0.6 is 0 Å². The van der Waals surface area contributed by atoms with Gasteiger partial charge < -0.3 is 14.6 Å². The van der Waals surface area contributed by atoms with Crippen LogP contribution in [0.2, 0.25) is 0 Å². The minimum atomic E-state index is -0.743. The van der Waals surface area contributed by atoms with Crippen molar-refractivity contribution in [1.82, 2.24) is 4.98 Å². The fraction of sp³-hybridized carbons (Fsp3) is 0.333. The number of aliphatic hydroxyl groups excluding tert-OH is 1. The van der Waals surface area contributed by atoms with Gasteiger partial charge in [0.15, 0.2) is 5.69 Å². The maximum absolute atomic E-state index is 14.3. The van der Waals surface area contributed by atoms with E-state index in [1.54, 1.807) is 6.92 Å². The van der Waals surface area contributed by atoms with Crippen LogP contribution in [0.25, 0.3) is 11.1 Å². The standard InChI is InChI=1S/C18H17F2NO4/c1-2-24-18(23)16-8-14(12-5-3-10(19)7-15(12)20)13-6-4-11(9-22)25-17(13)21-16/h3,5,7-8,11,22H,2,4,6,9H2,1H3/t11-/m0/s1. The van der Waals surface area contributed by atoms with E-state index in [1.165, 1.54) is 12.1 Å². The lowest BCUT2D eigenvalue weighted by Crippen LogP contribution is -2.27. The molecule has 1 aliphatic rings. The van der Waals surface area contributed by atoms with Gasteiger partial charge in [0, 0.05) is 17.2 Å². The molecule has 0 unspecified atom stereocenters. The summed E-state index contributed by atoms with van der Waals surface area (Å²) in [7, 11) is 0. The van der Waals surface area contributed by atoms with Gasteiger partial charge in [-0.3, -0.25) is 0 Å². The van der Waals surface area contributed by atoms with Gasteiger partial charge in [0.2, 0.25) is 5.88 Å². The molecule has 2 heterocycles. The van der Waals surface area contributed by atoms with Crippen molar-refractivity contribution in [3.63, 3.8) is 0 Å². The van der Waals surface area contributed by atoms with E-state index in [9.17, 15) is 18.7 Å².